The molecule has 50 heavy (non-hydrogen) atoms. The smallest absolute Gasteiger partial charge is 0.101 e. The maximum atomic E-state index is 6.60. The van der Waals surface area contributed by atoms with Gasteiger partial charge in [0.1, 0.15) is 5.82 Å². The Morgan fingerprint density at radius 1 is 0.420 bits per heavy atom. The lowest BCUT2D eigenvalue weighted by Gasteiger charge is -2.33. The highest BCUT2D eigenvalue weighted by atomic mass is 15.0. The fourth-order valence-corrected chi connectivity index (χ4v) is 9.18. The topological polar surface area (TPSA) is 141 Å². The van der Waals surface area contributed by atoms with Crippen LogP contribution in [0.4, 0.5) is 17.2 Å². The molecule has 2 atom stereocenters. The molecule has 4 aromatic heterocycles. The number of hydrogen-bond donors (Lipinski definition) is 7. The monoisotopic (exact) mass is 651 g/mol. The molecular weight excluding hydrogens is 615 g/mol. The van der Waals surface area contributed by atoms with Crippen molar-refractivity contribution in [1.82, 2.24) is 19.9 Å². The zero-order valence-corrected chi connectivity index (χ0v) is 28.1. The highest BCUT2D eigenvalue weighted by Gasteiger charge is 2.54. The van der Waals surface area contributed by atoms with E-state index in [4.69, 9.17) is 17.2 Å². The van der Waals surface area contributed by atoms with Gasteiger partial charge in [0.15, 0.2) is 0 Å². The Labute approximate surface area is 289 Å². The highest BCUT2D eigenvalue weighted by molar-refractivity contribution is 6.05. The van der Waals surface area contributed by atoms with Crippen LogP contribution in [0, 0.1) is 20.8 Å². The third-order valence-electron chi connectivity index (χ3n) is 11.3. The number of rotatable bonds is 4. The first-order valence-electron chi connectivity index (χ1n) is 17.1. The average molecular weight is 652 g/mol. The number of aromatic nitrogens is 4. The Morgan fingerprint density at radius 2 is 0.800 bits per heavy atom. The molecule has 7 heteroatoms. The summed E-state index contributed by atoms with van der Waals surface area (Å²) in [7, 11) is 0. The molecule has 0 saturated carbocycles. The first-order valence-corrected chi connectivity index (χ1v) is 17.1. The second kappa shape index (κ2) is 9.64. The van der Waals surface area contributed by atoms with Crippen LogP contribution in [0.25, 0.3) is 33.8 Å². The molecule has 10 rings (SSSR count). The van der Waals surface area contributed by atoms with E-state index >= 15 is 0 Å². The molecule has 7 nitrogen and oxygen atoms in total. The molecule has 0 amide bonds. The molecule has 0 aliphatic heterocycles. The van der Waals surface area contributed by atoms with Crippen LogP contribution in [0.5, 0.6) is 0 Å². The van der Waals surface area contributed by atoms with E-state index in [1.165, 1.54) is 27.8 Å². The normalized spacial score (nSPS) is 18.7. The van der Waals surface area contributed by atoms with Gasteiger partial charge >= 0.3 is 0 Å². The zero-order valence-electron chi connectivity index (χ0n) is 28.1. The summed E-state index contributed by atoms with van der Waals surface area (Å²) in [6.07, 6.45) is 0. The van der Waals surface area contributed by atoms with Gasteiger partial charge in [0.05, 0.1) is 44.6 Å². The predicted octanol–water partition coefficient (Wildman–Crippen LogP) is 8.55. The van der Waals surface area contributed by atoms with E-state index in [1.54, 1.807) is 0 Å². The summed E-state index contributed by atoms with van der Waals surface area (Å²) in [6, 6.07) is 38.9. The maximum absolute atomic E-state index is 6.60. The number of nitrogens with one attached hydrogen (secondary N) is 4. The Balaban J connectivity index is 1.38. The summed E-state index contributed by atoms with van der Waals surface area (Å²) >= 11 is 0. The molecule has 2 aliphatic carbocycles. The first kappa shape index (κ1) is 28.7. The fourth-order valence-electron chi connectivity index (χ4n) is 9.18. The third-order valence-corrected chi connectivity index (χ3v) is 11.3. The minimum atomic E-state index is -0.681. The van der Waals surface area contributed by atoms with E-state index in [1.807, 2.05) is 24.3 Å². The fraction of sp³-hybridized carbons (Fsp3) is 0.116. The van der Waals surface area contributed by atoms with Crippen LogP contribution in [0.15, 0.2) is 109 Å². The molecule has 0 bridgehead atoms. The highest BCUT2D eigenvalue weighted by Crippen LogP contribution is 2.63. The van der Waals surface area contributed by atoms with Gasteiger partial charge in [-0.25, -0.2) is 0 Å². The SMILES string of the molecule is Cc1ccc(C2(c3ccc(N)cc3)c3cc(C)[nH]c3-c3[nH]c4c5c([nH]c4c32)-c2[nH]c(N)cc2C5(c2ccc(C)cc2)c2ccc(N)cc2)cc1. The molecule has 10 N–H and O–H groups in total. The van der Waals surface area contributed by atoms with Gasteiger partial charge in [0, 0.05) is 33.8 Å². The zero-order chi connectivity index (χ0) is 34.1. The molecule has 8 aromatic rings. The molecule has 0 radical (unpaired) electrons. The number of aryl methyl sites for hydroxylation is 3. The van der Waals surface area contributed by atoms with Crippen molar-refractivity contribution >= 4 is 28.2 Å². The summed E-state index contributed by atoms with van der Waals surface area (Å²) in [5.74, 6) is 0.623. The van der Waals surface area contributed by atoms with Crippen LogP contribution in [0.1, 0.15) is 61.3 Å². The van der Waals surface area contributed by atoms with Crippen molar-refractivity contribution in [2.24, 2.45) is 0 Å². The summed E-state index contributed by atoms with van der Waals surface area (Å²) in [5, 5.41) is 0. The van der Waals surface area contributed by atoms with Crippen LogP contribution in [-0.2, 0) is 10.8 Å². The Bertz CT molecular complexity index is 2350. The van der Waals surface area contributed by atoms with Crippen molar-refractivity contribution in [3.63, 3.8) is 0 Å². The van der Waals surface area contributed by atoms with Crippen molar-refractivity contribution in [2.75, 3.05) is 17.2 Å². The molecule has 2 unspecified atom stereocenters. The van der Waals surface area contributed by atoms with E-state index in [0.29, 0.717) is 5.82 Å². The third kappa shape index (κ3) is 3.43. The average Bonchev–Trinajstić information content (AvgIpc) is 3.92. The predicted molar refractivity (Wildman–Crippen MR) is 203 cm³/mol. The molecular formula is C43H37N7. The second-order valence-electron chi connectivity index (χ2n) is 14.2. The van der Waals surface area contributed by atoms with Gasteiger partial charge in [-0.15, -0.1) is 0 Å². The number of hydrogen-bond acceptors (Lipinski definition) is 3. The van der Waals surface area contributed by atoms with E-state index in [9.17, 15) is 0 Å². The standard InChI is InChI=1S/C43H37N7/c1-22-4-8-25(9-5-22)42(27-12-16-29(44)17-13-27)31-20-24(3)47-36(31)38-34(42)40-41(49-38)35-39(50-40)37-32(21-33(46)48-37)43(35,26-10-6-23(2)7-11-26)28-14-18-30(45)19-15-28/h4-21,47-50H,44-46H2,1-3H3. The molecule has 0 saturated heterocycles. The lowest BCUT2D eigenvalue weighted by molar-refractivity contribution is 0.775. The number of benzene rings is 4. The molecule has 4 aromatic carbocycles. The van der Waals surface area contributed by atoms with E-state index in [0.717, 1.165) is 78.7 Å². The van der Waals surface area contributed by atoms with Crippen LogP contribution in [0.3, 0.4) is 0 Å². The van der Waals surface area contributed by atoms with Crippen molar-refractivity contribution in [3.05, 3.63) is 171 Å². The number of H-pyrrole nitrogens is 4. The quantitative estimate of drug-likeness (QED) is 0.0959. The summed E-state index contributed by atoms with van der Waals surface area (Å²) in [4.78, 5) is 15.4. The summed E-state index contributed by atoms with van der Waals surface area (Å²) in [5.41, 5.74) is 38.5. The van der Waals surface area contributed by atoms with Gasteiger partial charge < -0.3 is 37.1 Å². The number of fused-ring (bicyclic) bond motifs is 9. The Kier molecular flexibility index (Phi) is 5.52. The minimum absolute atomic E-state index is 0.623. The molecule has 244 valence electrons. The number of anilines is 3. The van der Waals surface area contributed by atoms with E-state index in [-0.39, 0.29) is 0 Å². The van der Waals surface area contributed by atoms with Crippen molar-refractivity contribution in [2.45, 2.75) is 31.6 Å². The van der Waals surface area contributed by atoms with Crippen LogP contribution in [-0.4, -0.2) is 19.9 Å². The molecule has 0 fully saturated rings. The first-order chi connectivity index (χ1) is 24.2. The summed E-state index contributed by atoms with van der Waals surface area (Å²) < 4.78 is 0. The van der Waals surface area contributed by atoms with Crippen molar-refractivity contribution in [3.8, 4) is 22.8 Å². The van der Waals surface area contributed by atoms with Crippen molar-refractivity contribution < 1.29 is 0 Å². The lowest BCUT2D eigenvalue weighted by Crippen LogP contribution is -2.29. The Hall–Kier alpha value is -6.34. The number of aromatic amines is 4. The van der Waals surface area contributed by atoms with Gasteiger partial charge in [0.25, 0.3) is 0 Å². The van der Waals surface area contributed by atoms with Gasteiger partial charge in [-0.2, -0.15) is 0 Å². The number of nitrogens with two attached hydrogens (primary N) is 3. The molecule has 4 heterocycles. The van der Waals surface area contributed by atoms with Crippen LogP contribution < -0.4 is 17.2 Å². The summed E-state index contributed by atoms with van der Waals surface area (Å²) in [6.45, 7) is 6.40. The molecule has 0 spiro atoms. The number of nitrogen functional groups attached to an aromatic ring is 3. The Morgan fingerprint density at radius 3 is 1.24 bits per heavy atom. The van der Waals surface area contributed by atoms with Gasteiger partial charge in [-0.3, -0.25) is 0 Å². The second-order valence-corrected chi connectivity index (χ2v) is 14.2. The maximum Gasteiger partial charge on any atom is 0.101 e. The molecule has 2 aliphatic rings. The van der Waals surface area contributed by atoms with Gasteiger partial charge in [-0.05, 0) is 85.0 Å². The van der Waals surface area contributed by atoms with Gasteiger partial charge in [-0.1, -0.05) is 83.9 Å². The minimum Gasteiger partial charge on any atom is -0.399 e. The van der Waals surface area contributed by atoms with Crippen LogP contribution >= 0.6 is 0 Å². The van der Waals surface area contributed by atoms with Gasteiger partial charge in [0.2, 0.25) is 0 Å². The lowest BCUT2D eigenvalue weighted by atomic mass is 9.67. The van der Waals surface area contributed by atoms with Crippen LogP contribution in [0.2, 0.25) is 0 Å². The van der Waals surface area contributed by atoms with E-state index < -0.39 is 10.8 Å². The van der Waals surface area contributed by atoms with E-state index in [2.05, 4.69) is 126 Å². The largest absolute Gasteiger partial charge is 0.399 e. The van der Waals surface area contributed by atoms with Crippen molar-refractivity contribution in [1.29, 1.82) is 0 Å².